The van der Waals surface area contributed by atoms with E-state index in [9.17, 15) is 5.11 Å². The van der Waals surface area contributed by atoms with Gasteiger partial charge in [0.05, 0.1) is 11.7 Å². The fraction of sp³-hybridized carbons (Fsp3) is 0. The molecule has 0 saturated heterocycles. The van der Waals surface area contributed by atoms with Crippen molar-refractivity contribution in [1.82, 2.24) is 9.38 Å². The van der Waals surface area contributed by atoms with Crippen LogP contribution in [0.5, 0.6) is 5.75 Å². The van der Waals surface area contributed by atoms with Crippen molar-refractivity contribution in [2.24, 2.45) is 0 Å². The highest BCUT2D eigenvalue weighted by molar-refractivity contribution is 9.10. The first-order valence-corrected chi connectivity index (χ1v) is 5.96. The molecule has 0 fully saturated rings. The van der Waals surface area contributed by atoms with Crippen molar-refractivity contribution >= 4 is 21.4 Å². The molecule has 2 heterocycles. The van der Waals surface area contributed by atoms with E-state index in [1.54, 1.807) is 12.1 Å². The maximum atomic E-state index is 9.28. The van der Waals surface area contributed by atoms with E-state index in [2.05, 4.69) is 20.9 Å². The van der Waals surface area contributed by atoms with E-state index < -0.39 is 0 Å². The van der Waals surface area contributed by atoms with E-state index >= 15 is 0 Å². The Bertz CT molecular complexity index is 673. The van der Waals surface area contributed by atoms with Crippen molar-refractivity contribution < 1.29 is 5.11 Å². The third kappa shape index (κ3) is 1.70. The molecule has 4 heteroatoms. The number of pyridine rings is 1. The Morgan fingerprint density at radius 3 is 2.65 bits per heavy atom. The van der Waals surface area contributed by atoms with Gasteiger partial charge in [-0.15, -0.1) is 0 Å². The second-order valence-electron chi connectivity index (χ2n) is 3.74. The summed E-state index contributed by atoms with van der Waals surface area (Å²) in [6, 6.07) is 11.0. The number of hydrogen-bond acceptors (Lipinski definition) is 2. The topological polar surface area (TPSA) is 37.5 Å². The van der Waals surface area contributed by atoms with E-state index in [1.807, 2.05) is 41.1 Å². The van der Waals surface area contributed by atoms with E-state index in [0.717, 1.165) is 21.4 Å². The number of benzene rings is 1. The van der Waals surface area contributed by atoms with Gasteiger partial charge in [-0.25, -0.2) is 4.98 Å². The van der Waals surface area contributed by atoms with E-state index in [-0.39, 0.29) is 5.75 Å². The molecule has 1 aromatic carbocycles. The molecule has 2 aromatic heterocycles. The molecule has 0 aliphatic heterocycles. The molecule has 3 aromatic rings. The van der Waals surface area contributed by atoms with Crippen molar-refractivity contribution in [2.45, 2.75) is 0 Å². The molecule has 0 radical (unpaired) electrons. The molecule has 0 atom stereocenters. The van der Waals surface area contributed by atoms with Crippen molar-refractivity contribution in [3.63, 3.8) is 0 Å². The van der Waals surface area contributed by atoms with Crippen molar-refractivity contribution in [2.75, 3.05) is 0 Å². The first-order chi connectivity index (χ1) is 8.25. The third-order valence-corrected chi connectivity index (χ3v) is 3.32. The maximum absolute atomic E-state index is 9.28. The Kier molecular flexibility index (Phi) is 2.37. The van der Waals surface area contributed by atoms with Crippen LogP contribution in [0.4, 0.5) is 0 Å². The molecule has 0 aliphatic rings. The van der Waals surface area contributed by atoms with Gasteiger partial charge in [0.1, 0.15) is 11.6 Å². The van der Waals surface area contributed by atoms with Crippen molar-refractivity contribution in [1.29, 1.82) is 0 Å². The second-order valence-corrected chi connectivity index (χ2v) is 4.59. The number of nitrogens with zero attached hydrogens (tertiary/aromatic N) is 2. The number of fused-ring (bicyclic) bond motifs is 1. The Morgan fingerprint density at radius 2 is 1.88 bits per heavy atom. The maximum Gasteiger partial charge on any atom is 0.144 e. The molecule has 0 bridgehead atoms. The van der Waals surface area contributed by atoms with Gasteiger partial charge in [0.15, 0.2) is 0 Å². The van der Waals surface area contributed by atoms with Crippen LogP contribution >= 0.6 is 15.9 Å². The summed E-state index contributed by atoms with van der Waals surface area (Å²) in [7, 11) is 0. The van der Waals surface area contributed by atoms with E-state index in [0.29, 0.717) is 0 Å². The van der Waals surface area contributed by atoms with Gasteiger partial charge in [-0.3, -0.25) is 4.40 Å². The van der Waals surface area contributed by atoms with Crippen LogP contribution in [0.2, 0.25) is 0 Å². The van der Waals surface area contributed by atoms with Gasteiger partial charge in [0.25, 0.3) is 0 Å². The van der Waals surface area contributed by atoms with E-state index in [1.165, 1.54) is 0 Å². The molecule has 3 rings (SSSR count). The number of phenols is 1. The smallest absolute Gasteiger partial charge is 0.144 e. The number of phenolic OH excluding ortho intramolecular Hbond substituents is 1. The summed E-state index contributed by atoms with van der Waals surface area (Å²) in [6.07, 6.45) is 3.79. The van der Waals surface area contributed by atoms with E-state index in [4.69, 9.17) is 0 Å². The lowest BCUT2D eigenvalue weighted by molar-refractivity contribution is 0.475. The van der Waals surface area contributed by atoms with Crippen LogP contribution in [0, 0.1) is 0 Å². The molecular weight excluding hydrogens is 280 g/mol. The van der Waals surface area contributed by atoms with Crippen LogP contribution in [-0.4, -0.2) is 14.5 Å². The summed E-state index contributed by atoms with van der Waals surface area (Å²) in [5.74, 6) is 1.12. The highest BCUT2D eigenvalue weighted by atomic mass is 79.9. The molecule has 0 unspecified atom stereocenters. The largest absolute Gasteiger partial charge is 0.508 e. The Balaban J connectivity index is 2.24. The highest BCUT2D eigenvalue weighted by Gasteiger charge is 2.07. The number of aromatic nitrogens is 2. The van der Waals surface area contributed by atoms with Gasteiger partial charge in [0, 0.05) is 16.2 Å². The minimum Gasteiger partial charge on any atom is -0.508 e. The summed E-state index contributed by atoms with van der Waals surface area (Å²) in [5, 5.41) is 9.28. The molecule has 0 saturated carbocycles. The molecule has 17 heavy (non-hydrogen) atoms. The normalized spacial score (nSPS) is 10.9. The molecule has 84 valence electrons. The molecule has 0 aliphatic carbocycles. The molecule has 0 spiro atoms. The molecular formula is C13H9BrN2O. The van der Waals surface area contributed by atoms with Crippen LogP contribution in [0.15, 0.2) is 53.3 Å². The summed E-state index contributed by atoms with van der Waals surface area (Å²) < 4.78 is 3.02. The van der Waals surface area contributed by atoms with Crippen molar-refractivity contribution in [3.05, 3.63) is 53.3 Å². The Labute approximate surface area is 106 Å². The average Bonchev–Trinajstić information content (AvgIpc) is 2.75. The average molecular weight is 289 g/mol. The number of imidazole rings is 1. The number of hydrogen-bond donors (Lipinski definition) is 1. The lowest BCUT2D eigenvalue weighted by atomic mass is 10.2. The van der Waals surface area contributed by atoms with Crippen molar-refractivity contribution in [3.8, 4) is 17.1 Å². The summed E-state index contributed by atoms with van der Waals surface area (Å²) in [4.78, 5) is 4.41. The van der Waals surface area contributed by atoms with Gasteiger partial charge in [-0.2, -0.15) is 0 Å². The summed E-state index contributed by atoms with van der Waals surface area (Å²) in [5.41, 5.74) is 2.00. The van der Waals surface area contributed by atoms with Crippen LogP contribution in [0.3, 0.4) is 0 Å². The van der Waals surface area contributed by atoms with Crippen LogP contribution in [0.25, 0.3) is 16.9 Å². The third-order valence-electron chi connectivity index (χ3n) is 2.64. The fourth-order valence-corrected chi connectivity index (χ4v) is 2.26. The predicted octanol–water partition coefficient (Wildman–Crippen LogP) is 3.47. The summed E-state index contributed by atoms with van der Waals surface area (Å²) >= 11 is 3.49. The number of halogens is 1. The molecule has 3 nitrogen and oxygen atoms in total. The first-order valence-electron chi connectivity index (χ1n) is 5.17. The first kappa shape index (κ1) is 10.4. The predicted molar refractivity (Wildman–Crippen MR) is 70.0 cm³/mol. The highest BCUT2D eigenvalue weighted by Crippen LogP contribution is 2.25. The van der Waals surface area contributed by atoms with Gasteiger partial charge in [0.2, 0.25) is 0 Å². The van der Waals surface area contributed by atoms with Crippen LogP contribution in [0.1, 0.15) is 0 Å². The van der Waals surface area contributed by atoms with Gasteiger partial charge < -0.3 is 5.11 Å². The lowest BCUT2D eigenvalue weighted by Gasteiger charge is -2.02. The zero-order valence-corrected chi connectivity index (χ0v) is 10.4. The minimum atomic E-state index is 0.260. The Hall–Kier alpha value is -1.81. The van der Waals surface area contributed by atoms with Crippen LogP contribution < -0.4 is 0 Å². The van der Waals surface area contributed by atoms with Gasteiger partial charge >= 0.3 is 0 Å². The fourth-order valence-electron chi connectivity index (χ4n) is 1.81. The zero-order valence-electron chi connectivity index (χ0n) is 8.84. The zero-order chi connectivity index (χ0) is 11.8. The molecule has 0 amide bonds. The lowest BCUT2D eigenvalue weighted by Crippen LogP contribution is -1.88. The Morgan fingerprint density at radius 1 is 1.12 bits per heavy atom. The standard InChI is InChI=1S/C13H9BrN2O/c14-11-2-1-7-16-12(11)8-15-13(16)9-3-5-10(17)6-4-9/h1-8,17H. The van der Waals surface area contributed by atoms with Gasteiger partial charge in [-0.1, -0.05) is 0 Å². The number of aromatic hydroxyl groups is 1. The SMILES string of the molecule is Oc1ccc(-c2ncc3c(Br)cccn23)cc1. The van der Waals surface area contributed by atoms with Crippen LogP contribution in [-0.2, 0) is 0 Å². The summed E-state index contributed by atoms with van der Waals surface area (Å²) in [6.45, 7) is 0. The monoisotopic (exact) mass is 288 g/mol. The second kappa shape index (κ2) is 3.89. The van der Waals surface area contributed by atoms with Gasteiger partial charge in [-0.05, 0) is 52.3 Å². The number of rotatable bonds is 1. The minimum absolute atomic E-state index is 0.260. The quantitative estimate of drug-likeness (QED) is 0.744. The molecule has 1 N–H and O–H groups in total.